The highest BCUT2D eigenvalue weighted by Gasteiger charge is 2.13. The molecule has 2 aromatic carbocycles. The van der Waals surface area contributed by atoms with E-state index in [-0.39, 0.29) is 29.1 Å². The average molecular weight is 425 g/mol. The van der Waals surface area contributed by atoms with E-state index in [1.807, 2.05) is 0 Å². The van der Waals surface area contributed by atoms with Gasteiger partial charge in [0.15, 0.2) is 11.0 Å². The Morgan fingerprint density at radius 1 is 1.21 bits per heavy atom. The van der Waals surface area contributed by atoms with E-state index in [1.165, 1.54) is 54.2 Å². The third-order valence-electron chi connectivity index (χ3n) is 3.64. The van der Waals surface area contributed by atoms with E-state index in [4.69, 9.17) is 16.3 Å². The molecule has 3 aromatic rings. The van der Waals surface area contributed by atoms with Crippen LogP contribution in [0.5, 0.6) is 5.75 Å². The van der Waals surface area contributed by atoms with Gasteiger partial charge < -0.3 is 14.6 Å². The van der Waals surface area contributed by atoms with Crippen molar-refractivity contribution >= 4 is 35.0 Å². The quantitative estimate of drug-likeness (QED) is 0.579. The molecule has 0 aliphatic rings. The molecule has 1 amide bonds. The second-order valence-corrected chi connectivity index (χ2v) is 7.02. The maximum atomic E-state index is 13.1. The minimum absolute atomic E-state index is 0.0652. The number of halogens is 3. The molecule has 0 bridgehead atoms. The Morgan fingerprint density at radius 3 is 2.68 bits per heavy atom. The number of hydrogen-bond acceptors (Lipinski definition) is 5. The first-order chi connectivity index (χ1) is 13.4. The molecule has 0 saturated carbocycles. The lowest BCUT2D eigenvalue weighted by Gasteiger charge is -2.07. The molecular weight excluding hydrogens is 410 g/mol. The lowest BCUT2D eigenvalue weighted by Crippen LogP contribution is -2.14. The maximum Gasteiger partial charge on any atom is 0.234 e. The Labute approximate surface area is 168 Å². The van der Waals surface area contributed by atoms with Crippen molar-refractivity contribution in [2.24, 2.45) is 7.05 Å². The van der Waals surface area contributed by atoms with E-state index in [0.717, 1.165) is 0 Å². The predicted molar refractivity (Wildman–Crippen MR) is 102 cm³/mol. The lowest BCUT2D eigenvalue weighted by molar-refractivity contribution is -0.113. The molecule has 146 valence electrons. The normalized spacial score (nSPS) is 10.7. The van der Waals surface area contributed by atoms with Gasteiger partial charge in [-0.2, -0.15) is 0 Å². The van der Waals surface area contributed by atoms with Crippen molar-refractivity contribution in [2.45, 2.75) is 11.8 Å². The van der Waals surface area contributed by atoms with Gasteiger partial charge >= 0.3 is 0 Å². The Hall–Kier alpha value is -2.65. The highest BCUT2D eigenvalue weighted by Crippen LogP contribution is 2.21. The van der Waals surface area contributed by atoms with Crippen molar-refractivity contribution in [3.8, 4) is 5.75 Å². The molecule has 0 unspecified atom stereocenters. The SMILES string of the molecule is Cn1c(COc2ccc(F)cc2)nnc1SCC(=O)Nc1ccc(F)c(Cl)c1. The van der Waals surface area contributed by atoms with Crippen molar-refractivity contribution in [3.63, 3.8) is 0 Å². The molecule has 0 saturated heterocycles. The van der Waals surface area contributed by atoms with Gasteiger partial charge in [-0.25, -0.2) is 8.78 Å². The topological polar surface area (TPSA) is 69.0 Å². The van der Waals surface area contributed by atoms with Crippen molar-refractivity contribution in [1.82, 2.24) is 14.8 Å². The summed E-state index contributed by atoms with van der Waals surface area (Å²) in [5, 5.41) is 11.2. The molecule has 1 aromatic heterocycles. The minimum atomic E-state index is -0.552. The van der Waals surface area contributed by atoms with Crippen LogP contribution in [-0.4, -0.2) is 26.4 Å². The number of benzene rings is 2. The summed E-state index contributed by atoms with van der Waals surface area (Å²) >= 11 is 6.88. The van der Waals surface area contributed by atoms with Crippen molar-refractivity contribution in [3.05, 3.63) is 64.9 Å². The van der Waals surface area contributed by atoms with Crippen LogP contribution >= 0.6 is 23.4 Å². The molecule has 6 nitrogen and oxygen atoms in total. The zero-order chi connectivity index (χ0) is 20.1. The molecule has 0 aliphatic heterocycles. The van der Waals surface area contributed by atoms with Gasteiger partial charge in [-0.15, -0.1) is 10.2 Å². The highest BCUT2D eigenvalue weighted by atomic mass is 35.5. The fourth-order valence-corrected chi connectivity index (χ4v) is 3.09. The van der Waals surface area contributed by atoms with E-state index in [9.17, 15) is 13.6 Å². The van der Waals surface area contributed by atoms with Crippen LogP contribution < -0.4 is 10.1 Å². The van der Waals surface area contributed by atoms with Crippen molar-refractivity contribution in [2.75, 3.05) is 11.1 Å². The lowest BCUT2D eigenvalue weighted by atomic mass is 10.3. The summed E-state index contributed by atoms with van der Waals surface area (Å²) in [6, 6.07) is 9.60. The first kappa shape index (κ1) is 20.1. The number of nitrogens with one attached hydrogen (secondary N) is 1. The number of hydrogen-bond donors (Lipinski definition) is 1. The molecule has 0 atom stereocenters. The predicted octanol–water partition coefficient (Wildman–Crippen LogP) is 4.06. The summed E-state index contributed by atoms with van der Waals surface area (Å²) in [4.78, 5) is 12.1. The number of rotatable bonds is 7. The van der Waals surface area contributed by atoms with E-state index in [0.29, 0.717) is 22.4 Å². The van der Waals surface area contributed by atoms with Gasteiger partial charge in [0, 0.05) is 12.7 Å². The van der Waals surface area contributed by atoms with Crippen molar-refractivity contribution < 1.29 is 18.3 Å². The number of carbonyl (C=O) groups excluding carboxylic acids is 1. The van der Waals surface area contributed by atoms with Crippen LogP contribution in [0.25, 0.3) is 0 Å². The number of aromatic nitrogens is 3. The van der Waals surface area contributed by atoms with Crippen LogP contribution in [0.3, 0.4) is 0 Å². The summed E-state index contributed by atoms with van der Waals surface area (Å²) in [5.74, 6) is -0.0394. The van der Waals surface area contributed by atoms with Crippen LogP contribution in [0.15, 0.2) is 47.6 Å². The average Bonchev–Trinajstić information content (AvgIpc) is 3.02. The second kappa shape index (κ2) is 9.03. The van der Waals surface area contributed by atoms with E-state index in [2.05, 4.69) is 15.5 Å². The Kier molecular flexibility index (Phi) is 6.48. The molecule has 0 spiro atoms. The molecule has 1 heterocycles. The van der Waals surface area contributed by atoms with Gasteiger partial charge in [-0.3, -0.25) is 4.79 Å². The Bertz CT molecular complexity index is 982. The number of thioether (sulfide) groups is 1. The fraction of sp³-hybridized carbons (Fsp3) is 0.167. The summed E-state index contributed by atoms with van der Waals surface area (Å²) in [6.45, 7) is 0.149. The third-order valence-corrected chi connectivity index (χ3v) is 4.95. The molecule has 3 rings (SSSR count). The summed E-state index contributed by atoms with van der Waals surface area (Å²) < 4.78 is 33.3. The molecule has 10 heteroatoms. The Morgan fingerprint density at radius 2 is 1.96 bits per heavy atom. The van der Waals surface area contributed by atoms with Gasteiger partial charge in [0.2, 0.25) is 5.91 Å². The zero-order valence-corrected chi connectivity index (χ0v) is 16.2. The van der Waals surface area contributed by atoms with Crippen LogP contribution in [-0.2, 0) is 18.4 Å². The van der Waals surface area contributed by atoms with E-state index < -0.39 is 5.82 Å². The van der Waals surface area contributed by atoms with Gasteiger partial charge in [0.1, 0.15) is 24.0 Å². The molecule has 0 fully saturated rings. The van der Waals surface area contributed by atoms with Gasteiger partial charge in [-0.1, -0.05) is 23.4 Å². The molecule has 28 heavy (non-hydrogen) atoms. The highest BCUT2D eigenvalue weighted by molar-refractivity contribution is 7.99. The van der Waals surface area contributed by atoms with Gasteiger partial charge in [-0.05, 0) is 42.5 Å². The summed E-state index contributed by atoms with van der Waals surface area (Å²) in [5.41, 5.74) is 0.406. The number of amides is 1. The monoisotopic (exact) mass is 424 g/mol. The largest absolute Gasteiger partial charge is 0.486 e. The number of anilines is 1. The first-order valence-electron chi connectivity index (χ1n) is 8.06. The standard InChI is InChI=1S/C18H15ClF2N4O2S/c1-25-16(9-27-13-5-2-11(20)3-6-13)23-24-18(25)28-10-17(26)22-12-4-7-15(21)14(19)8-12/h2-8H,9-10H2,1H3,(H,22,26). The molecule has 1 N–H and O–H groups in total. The van der Waals surface area contributed by atoms with E-state index in [1.54, 1.807) is 11.6 Å². The number of ether oxygens (including phenoxy) is 1. The fourth-order valence-electron chi connectivity index (χ4n) is 2.18. The minimum Gasteiger partial charge on any atom is -0.486 e. The van der Waals surface area contributed by atoms with Crippen LogP contribution in [0.1, 0.15) is 5.82 Å². The summed E-state index contributed by atoms with van der Waals surface area (Å²) in [6.07, 6.45) is 0. The van der Waals surface area contributed by atoms with Crippen molar-refractivity contribution in [1.29, 1.82) is 0 Å². The van der Waals surface area contributed by atoms with Gasteiger partial charge in [0.25, 0.3) is 0 Å². The number of nitrogens with zero attached hydrogens (tertiary/aromatic N) is 3. The zero-order valence-electron chi connectivity index (χ0n) is 14.7. The first-order valence-corrected chi connectivity index (χ1v) is 9.43. The maximum absolute atomic E-state index is 13.1. The number of carbonyl (C=O) groups is 1. The molecule has 0 aliphatic carbocycles. The van der Waals surface area contributed by atoms with Crippen LogP contribution in [0, 0.1) is 11.6 Å². The summed E-state index contributed by atoms with van der Waals surface area (Å²) in [7, 11) is 1.75. The van der Waals surface area contributed by atoms with Crippen LogP contribution in [0.4, 0.5) is 14.5 Å². The van der Waals surface area contributed by atoms with Gasteiger partial charge in [0.05, 0.1) is 10.8 Å². The molecule has 0 radical (unpaired) electrons. The third kappa shape index (κ3) is 5.20. The molecular formula is C18H15ClF2N4O2S. The Balaban J connectivity index is 1.52. The van der Waals surface area contributed by atoms with E-state index >= 15 is 0 Å². The second-order valence-electron chi connectivity index (χ2n) is 5.67. The smallest absolute Gasteiger partial charge is 0.234 e. The van der Waals surface area contributed by atoms with Crippen LogP contribution in [0.2, 0.25) is 5.02 Å².